The molecule has 3 heterocycles. The number of hydrogen-bond donors (Lipinski definition) is 0. The van der Waals surface area contributed by atoms with E-state index in [1.165, 1.54) is 0 Å². The van der Waals surface area contributed by atoms with E-state index in [0.717, 1.165) is 23.6 Å². The van der Waals surface area contributed by atoms with Crippen molar-refractivity contribution in [2.45, 2.75) is 13.5 Å². The second-order valence-electron chi connectivity index (χ2n) is 7.21. The number of methoxy groups -OCH3 is 2. The average Bonchev–Trinajstić information content (AvgIpc) is 3.10. The molecule has 2 aromatic heterocycles. The second-order valence-corrected chi connectivity index (χ2v) is 7.21. The highest BCUT2D eigenvalue weighted by atomic mass is 16.5. The Morgan fingerprint density at radius 1 is 1.14 bits per heavy atom. The zero-order valence-corrected chi connectivity index (χ0v) is 16.8. The molecule has 1 fully saturated rings. The Bertz CT molecular complexity index is 1010. The van der Waals surface area contributed by atoms with Gasteiger partial charge in [0.1, 0.15) is 17.3 Å². The zero-order chi connectivity index (χ0) is 20.4. The van der Waals surface area contributed by atoms with Crippen molar-refractivity contribution in [3.8, 4) is 22.9 Å². The van der Waals surface area contributed by atoms with Crippen molar-refractivity contribution in [2.24, 2.45) is 5.92 Å². The summed E-state index contributed by atoms with van der Waals surface area (Å²) in [5, 5.41) is 0. The van der Waals surface area contributed by atoms with Crippen molar-refractivity contribution in [3.05, 3.63) is 60.2 Å². The maximum atomic E-state index is 12.9. The van der Waals surface area contributed by atoms with E-state index in [2.05, 4.69) is 21.5 Å². The first-order valence-electron chi connectivity index (χ1n) is 9.54. The zero-order valence-electron chi connectivity index (χ0n) is 16.8. The molecule has 0 saturated carbocycles. The highest BCUT2D eigenvalue weighted by Gasteiger charge is 2.33. The second kappa shape index (κ2) is 7.95. The van der Waals surface area contributed by atoms with Crippen LogP contribution in [0.1, 0.15) is 16.1 Å². The van der Waals surface area contributed by atoms with E-state index in [1.807, 2.05) is 23.2 Å². The third-order valence-corrected chi connectivity index (χ3v) is 5.32. The lowest BCUT2D eigenvalue weighted by molar-refractivity contribution is 0.0465. The van der Waals surface area contributed by atoms with Crippen LogP contribution in [0.4, 0.5) is 0 Å². The van der Waals surface area contributed by atoms with Crippen LogP contribution < -0.4 is 9.47 Å². The number of rotatable bonds is 6. The molecule has 0 atom stereocenters. The molecule has 1 amide bonds. The lowest BCUT2D eigenvalue weighted by Gasteiger charge is -2.40. The number of aromatic nitrogens is 3. The van der Waals surface area contributed by atoms with E-state index < -0.39 is 0 Å². The van der Waals surface area contributed by atoms with Gasteiger partial charge in [0.2, 0.25) is 0 Å². The van der Waals surface area contributed by atoms with Crippen LogP contribution in [0.2, 0.25) is 0 Å². The lowest BCUT2D eigenvalue weighted by Crippen LogP contribution is -2.51. The Morgan fingerprint density at radius 3 is 2.59 bits per heavy atom. The monoisotopic (exact) mass is 392 g/mol. The Kier molecular flexibility index (Phi) is 5.20. The molecular weight excluding hydrogens is 368 g/mol. The molecule has 1 saturated heterocycles. The Hall–Kier alpha value is -3.35. The first-order chi connectivity index (χ1) is 14.1. The molecule has 0 N–H and O–H groups in total. The summed E-state index contributed by atoms with van der Waals surface area (Å²) in [7, 11) is 3.15. The van der Waals surface area contributed by atoms with Crippen LogP contribution >= 0.6 is 0 Å². The van der Waals surface area contributed by atoms with Crippen LogP contribution in [0.25, 0.3) is 11.4 Å². The van der Waals surface area contributed by atoms with Crippen molar-refractivity contribution in [2.75, 3.05) is 27.3 Å². The van der Waals surface area contributed by atoms with E-state index in [4.69, 9.17) is 9.47 Å². The van der Waals surface area contributed by atoms with Gasteiger partial charge in [-0.2, -0.15) is 0 Å². The van der Waals surface area contributed by atoms with Crippen LogP contribution in [0.5, 0.6) is 11.5 Å². The van der Waals surface area contributed by atoms with Gasteiger partial charge in [-0.05, 0) is 31.2 Å². The van der Waals surface area contributed by atoms with Gasteiger partial charge in [0, 0.05) is 61.5 Å². The first-order valence-corrected chi connectivity index (χ1v) is 9.54. The number of hydrogen-bond acceptors (Lipinski definition) is 5. The molecular formula is C22H24N4O3. The van der Waals surface area contributed by atoms with E-state index in [9.17, 15) is 4.79 Å². The lowest BCUT2D eigenvalue weighted by atomic mass is 9.98. The number of carbonyl (C=O) groups is 1. The molecule has 7 heteroatoms. The summed E-state index contributed by atoms with van der Waals surface area (Å²) in [5.74, 6) is 2.50. The van der Waals surface area contributed by atoms with Crippen LogP contribution in [-0.4, -0.2) is 52.7 Å². The Labute approximate surface area is 169 Å². The van der Waals surface area contributed by atoms with Crippen LogP contribution in [-0.2, 0) is 6.54 Å². The predicted molar refractivity (Wildman–Crippen MR) is 109 cm³/mol. The summed E-state index contributed by atoms with van der Waals surface area (Å²) in [5.41, 5.74) is 2.71. The maximum Gasteiger partial charge on any atom is 0.257 e. The van der Waals surface area contributed by atoms with Gasteiger partial charge in [-0.15, -0.1) is 0 Å². The molecule has 0 radical (unpaired) electrons. The quantitative estimate of drug-likeness (QED) is 0.645. The fourth-order valence-corrected chi connectivity index (χ4v) is 3.68. The van der Waals surface area contributed by atoms with E-state index in [1.54, 1.807) is 44.8 Å². The number of ether oxygens (including phenoxy) is 2. The largest absolute Gasteiger partial charge is 0.497 e. The molecule has 7 nitrogen and oxygen atoms in total. The summed E-state index contributed by atoms with van der Waals surface area (Å²) in [6.07, 6.45) is 5.44. The molecule has 0 unspecified atom stereocenters. The summed E-state index contributed by atoms with van der Waals surface area (Å²) in [6.45, 7) is 4.30. The van der Waals surface area contributed by atoms with Crippen LogP contribution in [0.3, 0.4) is 0 Å². The molecule has 29 heavy (non-hydrogen) atoms. The smallest absolute Gasteiger partial charge is 0.257 e. The molecule has 0 bridgehead atoms. The summed E-state index contributed by atoms with van der Waals surface area (Å²) < 4.78 is 12.8. The number of amides is 1. The third kappa shape index (κ3) is 3.68. The molecule has 3 aromatic rings. The number of aryl methyl sites for hydroxylation is 1. The van der Waals surface area contributed by atoms with Gasteiger partial charge in [-0.3, -0.25) is 9.78 Å². The summed E-state index contributed by atoms with van der Waals surface area (Å²) >= 11 is 0. The van der Waals surface area contributed by atoms with Crippen molar-refractivity contribution in [3.63, 3.8) is 0 Å². The summed E-state index contributed by atoms with van der Waals surface area (Å²) in [4.78, 5) is 23.4. The highest BCUT2D eigenvalue weighted by molar-refractivity contribution is 5.97. The predicted octanol–water partition coefficient (Wildman–Crippen LogP) is 3.04. The van der Waals surface area contributed by atoms with Gasteiger partial charge in [0.15, 0.2) is 0 Å². The first kappa shape index (κ1) is 19.0. The molecule has 1 aliphatic heterocycles. The van der Waals surface area contributed by atoms with Gasteiger partial charge >= 0.3 is 0 Å². The van der Waals surface area contributed by atoms with Gasteiger partial charge in [0.25, 0.3) is 5.91 Å². The minimum absolute atomic E-state index is 0.0162. The molecule has 1 aliphatic rings. The fourth-order valence-electron chi connectivity index (χ4n) is 3.68. The third-order valence-electron chi connectivity index (χ3n) is 5.32. The standard InChI is InChI=1S/C22H24N4O3/c1-15-11-24-21(17-6-8-23-9-7-17)26(15)14-16-12-25(13-16)22(27)19-5-4-18(28-2)10-20(19)29-3/h4-11,16H,12-14H2,1-3H3. The number of likely N-dealkylation sites (tertiary alicyclic amines) is 1. The van der Waals surface area contributed by atoms with Crippen molar-refractivity contribution in [1.29, 1.82) is 0 Å². The van der Waals surface area contributed by atoms with Crippen molar-refractivity contribution >= 4 is 5.91 Å². The van der Waals surface area contributed by atoms with Gasteiger partial charge in [-0.25, -0.2) is 4.98 Å². The van der Waals surface area contributed by atoms with Crippen LogP contribution in [0.15, 0.2) is 48.9 Å². The maximum absolute atomic E-state index is 12.9. The fraction of sp³-hybridized carbons (Fsp3) is 0.318. The summed E-state index contributed by atoms with van der Waals surface area (Å²) in [6, 6.07) is 9.20. The average molecular weight is 392 g/mol. The normalized spacial score (nSPS) is 13.8. The van der Waals surface area contributed by atoms with Gasteiger partial charge in [0.05, 0.1) is 19.8 Å². The van der Waals surface area contributed by atoms with Gasteiger partial charge < -0.3 is 18.9 Å². The van der Waals surface area contributed by atoms with Crippen LogP contribution in [0, 0.1) is 12.8 Å². The van der Waals surface area contributed by atoms with E-state index in [-0.39, 0.29) is 5.91 Å². The number of carbonyl (C=O) groups excluding carboxylic acids is 1. The van der Waals surface area contributed by atoms with E-state index >= 15 is 0 Å². The number of nitrogens with zero attached hydrogens (tertiary/aromatic N) is 4. The highest BCUT2D eigenvalue weighted by Crippen LogP contribution is 2.29. The number of imidazole rings is 1. The molecule has 0 spiro atoms. The van der Waals surface area contributed by atoms with Crippen molar-refractivity contribution < 1.29 is 14.3 Å². The minimum Gasteiger partial charge on any atom is -0.497 e. The number of pyridine rings is 1. The topological polar surface area (TPSA) is 69.5 Å². The minimum atomic E-state index is -0.0162. The molecule has 4 rings (SSSR count). The van der Waals surface area contributed by atoms with E-state index in [0.29, 0.717) is 36.1 Å². The van der Waals surface area contributed by atoms with Crippen molar-refractivity contribution in [1.82, 2.24) is 19.4 Å². The Balaban J connectivity index is 1.44. The molecule has 150 valence electrons. The molecule has 1 aromatic carbocycles. The Morgan fingerprint density at radius 2 is 1.90 bits per heavy atom. The number of benzene rings is 1. The SMILES string of the molecule is COc1ccc(C(=O)N2CC(Cn3c(C)cnc3-c3ccncc3)C2)c(OC)c1. The molecule has 0 aliphatic carbocycles. The van der Waals surface area contributed by atoms with Gasteiger partial charge in [-0.1, -0.05) is 0 Å².